The van der Waals surface area contributed by atoms with Crippen molar-refractivity contribution in [1.82, 2.24) is 9.97 Å². The standard InChI is InChI=1S/C17H19N3O4S/c1-23-11-9-18-16(19-10-11)20-5-3-17(4-6-20)12-8-14(15(21)22)25-13(12)2-7-24-17/h8-10H,2-7H2,1H3,(H,21,22). The Bertz CT molecular complexity index is 782. The van der Waals surface area contributed by atoms with Crippen LogP contribution in [-0.2, 0) is 16.8 Å². The molecule has 4 rings (SSSR count). The van der Waals surface area contributed by atoms with Gasteiger partial charge < -0.3 is 19.5 Å². The van der Waals surface area contributed by atoms with Gasteiger partial charge in [-0.3, -0.25) is 0 Å². The van der Waals surface area contributed by atoms with E-state index in [4.69, 9.17) is 9.47 Å². The van der Waals surface area contributed by atoms with Crippen LogP contribution in [0.5, 0.6) is 5.75 Å². The highest BCUT2D eigenvalue weighted by molar-refractivity contribution is 7.14. The molecule has 2 aromatic rings. The van der Waals surface area contributed by atoms with E-state index in [0.717, 1.165) is 42.8 Å². The molecule has 132 valence electrons. The van der Waals surface area contributed by atoms with Crippen molar-refractivity contribution < 1.29 is 19.4 Å². The third-order valence-electron chi connectivity index (χ3n) is 4.92. The zero-order valence-corrected chi connectivity index (χ0v) is 14.7. The fourth-order valence-electron chi connectivity index (χ4n) is 3.58. The number of piperidine rings is 1. The van der Waals surface area contributed by atoms with Crippen LogP contribution in [0.25, 0.3) is 0 Å². The topological polar surface area (TPSA) is 84.8 Å². The van der Waals surface area contributed by atoms with Crippen LogP contribution in [0.3, 0.4) is 0 Å². The van der Waals surface area contributed by atoms with Crippen LogP contribution in [-0.4, -0.2) is 47.8 Å². The van der Waals surface area contributed by atoms with Gasteiger partial charge in [0.1, 0.15) is 4.88 Å². The predicted octanol–water partition coefficient (Wildman–Crippen LogP) is 2.31. The second kappa shape index (κ2) is 6.27. The summed E-state index contributed by atoms with van der Waals surface area (Å²) in [7, 11) is 1.59. The smallest absolute Gasteiger partial charge is 0.345 e. The molecule has 25 heavy (non-hydrogen) atoms. The molecule has 0 aromatic carbocycles. The van der Waals surface area contributed by atoms with Crippen molar-refractivity contribution in [2.24, 2.45) is 0 Å². The van der Waals surface area contributed by atoms with Gasteiger partial charge in [-0.25, -0.2) is 14.8 Å². The summed E-state index contributed by atoms with van der Waals surface area (Å²) in [6.07, 6.45) is 5.72. The van der Waals surface area contributed by atoms with Gasteiger partial charge in [0.15, 0.2) is 5.75 Å². The van der Waals surface area contributed by atoms with Gasteiger partial charge in [0.25, 0.3) is 0 Å². The number of aromatic nitrogens is 2. The predicted molar refractivity (Wildman–Crippen MR) is 92.6 cm³/mol. The Kier molecular flexibility index (Phi) is 4.09. The molecule has 0 unspecified atom stereocenters. The molecule has 0 atom stereocenters. The number of methoxy groups -OCH3 is 1. The maximum atomic E-state index is 11.3. The fourth-order valence-corrected chi connectivity index (χ4v) is 4.65. The third kappa shape index (κ3) is 2.85. The summed E-state index contributed by atoms with van der Waals surface area (Å²) in [5, 5.41) is 9.29. The highest BCUT2D eigenvalue weighted by Crippen LogP contribution is 2.44. The van der Waals surface area contributed by atoms with Crippen LogP contribution in [0.15, 0.2) is 18.5 Å². The lowest BCUT2D eigenvalue weighted by Gasteiger charge is -2.44. The second-order valence-electron chi connectivity index (χ2n) is 6.26. The molecule has 7 nitrogen and oxygen atoms in total. The van der Waals surface area contributed by atoms with Crippen molar-refractivity contribution in [2.45, 2.75) is 24.9 Å². The molecule has 2 aliphatic heterocycles. The number of ether oxygens (including phenoxy) is 2. The number of fused-ring (bicyclic) bond motifs is 2. The van der Waals surface area contributed by atoms with Crippen LogP contribution >= 0.6 is 11.3 Å². The lowest BCUT2D eigenvalue weighted by molar-refractivity contribution is -0.0758. The van der Waals surface area contributed by atoms with Crippen LogP contribution in [0, 0.1) is 0 Å². The maximum Gasteiger partial charge on any atom is 0.345 e. The van der Waals surface area contributed by atoms with Crippen molar-refractivity contribution in [1.29, 1.82) is 0 Å². The van der Waals surface area contributed by atoms with Gasteiger partial charge in [0.05, 0.1) is 31.7 Å². The van der Waals surface area contributed by atoms with Gasteiger partial charge in [0.2, 0.25) is 5.95 Å². The molecule has 8 heteroatoms. The van der Waals surface area contributed by atoms with E-state index in [1.165, 1.54) is 11.3 Å². The van der Waals surface area contributed by atoms with E-state index < -0.39 is 5.97 Å². The number of carboxylic acid groups (broad SMARTS) is 1. The van der Waals surface area contributed by atoms with E-state index in [-0.39, 0.29) is 5.60 Å². The molecule has 4 heterocycles. The van der Waals surface area contributed by atoms with E-state index >= 15 is 0 Å². The van der Waals surface area contributed by atoms with E-state index in [9.17, 15) is 9.90 Å². The summed E-state index contributed by atoms with van der Waals surface area (Å²) in [6.45, 7) is 2.18. The molecule has 0 radical (unpaired) electrons. The Labute approximate surface area is 149 Å². The molecule has 1 N–H and O–H groups in total. The number of hydrogen-bond donors (Lipinski definition) is 1. The molecular weight excluding hydrogens is 342 g/mol. The molecule has 1 fully saturated rings. The first-order chi connectivity index (χ1) is 12.1. The van der Waals surface area contributed by atoms with Crippen molar-refractivity contribution in [3.63, 3.8) is 0 Å². The van der Waals surface area contributed by atoms with E-state index in [1.54, 1.807) is 25.6 Å². The van der Waals surface area contributed by atoms with Gasteiger partial charge in [-0.1, -0.05) is 0 Å². The monoisotopic (exact) mass is 361 g/mol. The number of thiophene rings is 1. The number of anilines is 1. The number of carboxylic acids is 1. The lowest BCUT2D eigenvalue weighted by atomic mass is 9.82. The zero-order valence-electron chi connectivity index (χ0n) is 13.9. The van der Waals surface area contributed by atoms with E-state index in [2.05, 4.69) is 14.9 Å². The molecule has 2 aliphatic rings. The minimum absolute atomic E-state index is 0.374. The van der Waals surface area contributed by atoms with Crippen molar-refractivity contribution in [2.75, 3.05) is 31.7 Å². The summed E-state index contributed by atoms with van der Waals surface area (Å²) in [4.78, 5) is 23.7. The minimum Gasteiger partial charge on any atom is -0.494 e. The maximum absolute atomic E-state index is 11.3. The van der Waals surface area contributed by atoms with Crippen molar-refractivity contribution in [3.8, 4) is 5.75 Å². The first kappa shape index (κ1) is 16.3. The molecule has 0 saturated carbocycles. The summed E-state index contributed by atoms with van der Waals surface area (Å²) < 4.78 is 11.3. The third-order valence-corrected chi connectivity index (χ3v) is 6.11. The SMILES string of the molecule is COc1cnc(N2CCC3(CC2)OCCc2sc(C(=O)O)cc23)nc1. The summed E-state index contributed by atoms with van der Waals surface area (Å²) in [5.41, 5.74) is 0.692. The van der Waals surface area contributed by atoms with Gasteiger partial charge in [0, 0.05) is 24.4 Å². The Hall–Kier alpha value is -2.19. The first-order valence-electron chi connectivity index (χ1n) is 8.23. The molecule has 1 saturated heterocycles. The second-order valence-corrected chi connectivity index (χ2v) is 7.39. The average Bonchev–Trinajstić information content (AvgIpc) is 3.09. The quantitative estimate of drug-likeness (QED) is 0.898. The summed E-state index contributed by atoms with van der Waals surface area (Å²) in [6, 6.07) is 1.81. The number of carbonyl (C=O) groups is 1. The first-order valence-corrected chi connectivity index (χ1v) is 9.04. The summed E-state index contributed by atoms with van der Waals surface area (Å²) in [5.74, 6) is 0.457. The van der Waals surface area contributed by atoms with Gasteiger partial charge in [-0.05, 0) is 24.5 Å². The molecule has 0 amide bonds. The normalized spacial score (nSPS) is 18.8. The molecule has 0 aliphatic carbocycles. The Balaban J connectivity index is 1.54. The Morgan fingerprint density at radius 3 is 2.72 bits per heavy atom. The van der Waals surface area contributed by atoms with Crippen LogP contribution in [0.1, 0.15) is 33.0 Å². The number of aromatic carboxylic acids is 1. The summed E-state index contributed by atoms with van der Waals surface area (Å²) >= 11 is 1.38. The van der Waals surface area contributed by atoms with Gasteiger partial charge >= 0.3 is 5.97 Å². The number of hydrogen-bond acceptors (Lipinski definition) is 7. The Morgan fingerprint density at radius 2 is 2.08 bits per heavy atom. The number of rotatable bonds is 3. The molecular formula is C17H19N3O4S. The molecule has 1 spiro atoms. The molecule has 2 aromatic heterocycles. The highest BCUT2D eigenvalue weighted by Gasteiger charge is 2.42. The fraction of sp³-hybridized carbons (Fsp3) is 0.471. The Morgan fingerprint density at radius 1 is 1.36 bits per heavy atom. The van der Waals surface area contributed by atoms with Gasteiger partial charge in [-0.15, -0.1) is 11.3 Å². The molecule has 0 bridgehead atoms. The zero-order chi connectivity index (χ0) is 17.4. The van der Waals surface area contributed by atoms with Crippen molar-refractivity contribution in [3.05, 3.63) is 33.8 Å². The lowest BCUT2D eigenvalue weighted by Crippen LogP contribution is -2.46. The average molecular weight is 361 g/mol. The van der Waals surface area contributed by atoms with Crippen LogP contribution in [0.4, 0.5) is 5.95 Å². The van der Waals surface area contributed by atoms with E-state index in [1.807, 2.05) is 0 Å². The largest absolute Gasteiger partial charge is 0.494 e. The minimum atomic E-state index is -0.862. The van der Waals surface area contributed by atoms with Crippen LogP contribution in [0.2, 0.25) is 0 Å². The number of nitrogens with zero attached hydrogens (tertiary/aromatic N) is 3. The van der Waals surface area contributed by atoms with Gasteiger partial charge in [-0.2, -0.15) is 0 Å². The van der Waals surface area contributed by atoms with E-state index in [0.29, 0.717) is 23.2 Å². The highest BCUT2D eigenvalue weighted by atomic mass is 32.1. The van der Waals surface area contributed by atoms with Crippen LogP contribution < -0.4 is 9.64 Å². The van der Waals surface area contributed by atoms with Crippen molar-refractivity contribution >= 4 is 23.3 Å².